The van der Waals surface area contributed by atoms with Crippen molar-refractivity contribution in [2.24, 2.45) is 0 Å². The highest BCUT2D eigenvalue weighted by Crippen LogP contribution is 2.11. The first-order valence-corrected chi connectivity index (χ1v) is 12.4. The summed E-state index contributed by atoms with van der Waals surface area (Å²) in [5.74, 6) is 10.1. The van der Waals surface area contributed by atoms with Crippen molar-refractivity contribution in [1.29, 1.82) is 0 Å². The third kappa shape index (κ3) is 9.56. The van der Waals surface area contributed by atoms with E-state index in [-0.39, 0.29) is 11.5 Å². The Hall–Kier alpha value is -4.76. The number of ketones is 1. The fourth-order valence-electron chi connectivity index (χ4n) is 3.57. The van der Waals surface area contributed by atoms with E-state index in [1.807, 2.05) is 12.1 Å². The van der Waals surface area contributed by atoms with E-state index < -0.39 is 30.4 Å². The number of aliphatic hydroxyl groups excluding tert-OH is 2. The van der Waals surface area contributed by atoms with Crippen LogP contribution >= 0.6 is 0 Å². The Morgan fingerprint density at radius 2 is 1.49 bits per heavy atom. The van der Waals surface area contributed by atoms with Crippen molar-refractivity contribution in [2.45, 2.75) is 38.3 Å². The fourth-order valence-corrected chi connectivity index (χ4v) is 3.57. The van der Waals surface area contributed by atoms with Crippen LogP contribution in [0.4, 0.5) is 5.69 Å². The van der Waals surface area contributed by atoms with E-state index in [4.69, 9.17) is 5.11 Å². The normalized spacial score (nSPS) is 11.6. The number of carbonyl (C=O) groups excluding carboxylic acids is 3. The number of nitrogens with zero attached hydrogens (tertiary/aromatic N) is 1. The number of amides is 2. The van der Waals surface area contributed by atoms with Crippen LogP contribution in [0, 0.1) is 23.7 Å². The van der Waals surface area contributed by atoms with Gasteiger partial charge in [-0.15, -0.1) is 0 Å². The number of Topliss-reactive ketones (excluding diaryl/α,β-unsaturated/α-hetero) is 1. The summed E-state index contributed by atoms with van der Waals surface area (Å²) in [6, 6.07) is 16.3. The Labute approximate surface area is 227 Å². The van der Waals surface area contributed by atoms with E-state index in [9.17, 15) is 19.5 Å². The molecule has 2 atom stereocenters. The number of aryl methyl sites for hydroxylation is 1. The number of aliphatic hydroxyl groups is 2. The zero-order chi connectivity index (χ0) is 28.0. The monoisotopic (exact) mass is 523 g/mol. The summed E-state index contributed by atoms with van der Waals surface area (Å²) >= 11 is 0. The molecule has 8 nitrogen and oxygen atoms in total. The van der Waals surface area contributed by atoms with E-state index in [0.717, 1.165) is 24.0 Å². The maximum absolute atomic E-state index is 12.4. The number of pyridine rings is 1. The molecule has 0 unspecified atom stereocenters. The molecule has 0 spiro atoms. The van der Waals surface area contributed by atoms with Crippen molar-refractivity contribution in [2.75, 3.05) is 11.9 Å². The summed E-state index contributed by atoms with van der Waals surface area (Å²) in [6.07, 6.45) is 4.35. The Balaban J connectivity index is 1.48. The van der Waals surface area contributed by atoms with Gasteiger partial charge in [0.05, 0.1) is 6.10 Å². The van der Waals surface area contributed by atoms with Gasteiger partial charge in [-0.25, -0.2) is 0 Å². The Bertz CT molecular complexity index is 1390. The van der Waals surface area contributed by atoms with E-state index in [0.29, 0.717) is 17.7 Å². The first-order valence-electron chi connectivity index (χ1n) is 12.4. The lowest BCUT2D eigenvalue weighted by molar-refractivity contribution is -0.126. The molecule has 39 heavy (non-hydrogen) atoms. The molecule has 198 valence electrons. The Morgan fingerprint density at radius 1 is 0.897 bits per heavy atom. The Morgan fingerprint density at radius 3 is 2.05 bits per heavy atom. The number of hydrogen-bond acceptors (Lipinski definition) is 6. The van der Waals surface area contributed by atoms with Gasteiger partial charge in [0.15, 0.2) is 5.78 Å². The molecule has 0 aliphatic heterocycles. The van der Waals surface area contributed by atoms with Crippen molar-refractivity contribution < 1.29 is 24.6 Å². The van der Waals surface area contributed by atoms with Gasteiger partial charge in [-0.3, -0.25) is 19.4 Å². The molecule has 2 amide bonds. The van der Waals surface area contributed by atoms with E-state index >= 15 is 0 Å². The number of rotatable bonds is 10. The molecule has 0 bridgehead atoms. The number of nitrogens with one attached hydrogen (secondary N) is 2. The zero-order valence-electron chi connectivity index (χ0n) is 21.5. The van der Waals surface area contributed by atoms with Crippen molar-refractivity contribution in [1.82, 2.24) is 10.3 Å². The van der Waals surface area contributed by atoms with Crippen LogP contribution in [0.5, 0.6) is 0 Å². The van der Waals surface area contributed by atoms with Crippen LogP contribution in [0.3, 0.4) is 0 Å². The topological polar surface area (TPSA) is 129 Å². The molecule has 0 fully saturated rings. The molecule has 1 aromatic heterocycles. The maximum atomic E-state index is 12.4. The van der Waals surface area contributed by atoms with Gasteiger partial charge in [0.1, 0.15) is 12.6 Å². The molecule has 0 saturated carbocycles. The summed E-state index contributed by atoms with van der Waals surface area (Å²) in [6.45, 7) is 0.582. The van der Waals surface area contributed by atoms with Crippen LogP contribution in [0.1, 0.15) is 46.8 Å². The lowest BCUT2D eigenvalue weighted by Crippen LogP contribution is -2.48. The van der Waals surface area contributed by atoms with Gasteiger partial charge < -0.3 is 20.8 Å². The van der Waals surface area contributed by atoms with Crippen LogP contribution in [-0.2, 0) is 16.0 Å². The lowest BCUT2D eigenvalue weighted by Gasteiger charge is -2.19. The minimum Gasteiger partial charge on any atom is -0.391 e. The minimum absolute atomic E-state index is 0.0429. The molecule has 0 saturated heterocycles. The average Bonchev–Trinajstić information content (AvgIpc) is 2.95. The number of hydrogen-bond donors (Lipinski definition) is 4. The molecule has 3 rings (SSSR count). The zero-order valence-corrected chi connectivity index (χ0v) is 21.5. The smallest absolute Gasteiger partial charge is 0.251 e. The standard InChI is InChI=1S/C31H29N3O5/c1-22(36)30(28(37)21-35)34-31(39)26-13-9-23(10-14-26)5-2-3-6-24-11-15-27(16-12-24)33-29(38)8-4-7-25-17-19-32-20-18-25/h9-20,22,30,35-36H,4,7-8,21H2,1H3,(H,33,38)(H,34,39)/t22-,30+/m1/s1. The summed E-state index contributed by atoms with van der Waals surface area (Å²) in [4.78, 5) is 40.2. The predicted molar refractivity (Wildman–Crippen MR) is 147 cm³/mol. The van der Waals surface area contributed by atoms with Gasteiger partial charge in [0.2, 0.25) is 5.91 Å². The summed E-state index contributed by atoms with van der Waals surface area (Å²) in [5, 5.41) is 24.0. The minimum atomic E-state index is -1.19. The molecule has 0 aliphatic carbocycles. The second-order valence-electron chi connectivity index (χ2n) is 8.73. The van der Waals surface area contributed by atoms with Gasteiger partial charge in [-0.05, 0) is 97.8 Å². The molecule has 8 heteroatoms. The van der Waals surface area contributed by atoms with E-state index in [2.05, 4.69) is 39.3 Å². The lowest BCUT2D eigenvalue weighted by atomic mass is 10.1. The van der Waals surface area contributed by atoms with Gasteiger partial charge in [0, 0.05) is 41.2 Å². The van der Waals surface area contributed by atoms with Crippen molar-refractivity contribution >= 4 is 23.3 Å². The molecule has 2 aromatic carbocycles. The highest BCUT2D eigenvalue weighted by molar-refractivity contribution is 5.98. The molecule has 1 heterocycles. The first kappa shape index (κ1) is 28.8. The fraction of sp³-hybridized carbons (Fsp3) is 0.226. The molecule has 0 radical (unpaired) electrons. The highest BCUT2D eigenvalue weighted by atomic mass is 16.3. The van der Waals surface area contributed by atoms with E-state index in [1.54, 1.807) is 60.9 Å². The summed E-state index contributed by atoms with van der Waals surface area (Å²) < 4.78 is 0. The quantitative estimate of drug-likeness (QED) is 0.302. The van der Waals surface area contributed by atoms with Crippen LogP contribution < -0.4 is 10.6 Å². The molecular formula is C31H29N3O5. The highest BCUT2D eigenvalue weighted by Gasteiger charge is 2.25. The largest absolute Gasteiger partial charge is 0.391 e. The summed E-state index contributed by atoms with van der Waals surface area (Å²) in [5.41, 5.74) is 3.52. The SMILES string of the molecule is C[C@@H](O)[C@H](NC(=O)c1ccc(C#CC#Cc2ccc(NC(=O)CCCc3ccncc3)cc2)cc1)C(=O)CO. The molecular weight excluding hydrogens is 494 g/mol. The van der Waals surface area contributed by atoms with Crippen LogP contribution in [0.2, 0.25) is 0 Å². The number of anilines is 1. The second-order valence-corrected chi connectivity index (χ2v) is 8.73. The van der Waals surface area contributed by atoms with Crippen LogP contribution in [-0.4, -0.2) is 51.5 Å². The number of carbonyl (C=O) groups is 3. The Kier molecular flexibility index (Phi) is 11.0. The van der Waals surface area contributed by atoms with Gasteiger partial charge in [-0.2, -0.15) is 0 Å². The van der Waals surface area contributed by atoms with Crippen LogP contribution in [0.25, 0.3) is 0 Å². The van der Waals surface area contributed by atoms with Gasteiger partial charge >= 0.3 is 0 Å². The summed E-state index contributed by atoms with van der Waals surface area (Å²) in [7, 11) is 0. The second kappa shape index (κ2) is 14.8. The molecule has 4 N–H and O–H groups in total. The van der Waals surface area contributed by atoms with Crippen LogP contribution in [0.15, 0.2) is 73.1 Å². The van der Waals surface area contributed by atoms with Crippen molar-refractivity contribution in [3.05, 3.63) is 95.3 Å². The third-order valence-electron chi connectivity index (χ3n) is 5.68. The average molecular weight is 524 g/mol. The first-order chi connectivity index (χ1) is 18.9. The van der Waals surface area contributed by atoms with Crippen molar-refractivity contribution in [3.63, 3.8) is 0 Å². The van der Waals surface area contributed by atoms with Gasteiger partial charge in [0.25, 0.3) is 5.91 Å². The van der Waals surface area contributed by atoms with E-state index in [1.165, 1.54) is 6.92 Å². The molecule has 0 aliphatic rings. The van der Waals surface area contributed by atoms with Crippen molar-refractivity contribution in [3.8, 4) is 23.7 Å². The number of aromatic nitrogens is 1. The molecule has 3 aromatic rings. The maximum Gasteiger partial charge on any atom is 0.251 e. The number of benzene rings is 2. The van der Waals surface area contributed by atoms with Gasteiger partial charge in [-0.1, -0.05) is 11.8 Å². The predicted octanol–water partition coefficient (Wildman–Crippen LogP) is 2.49. The third-order valence-corrected chi connectivity index (χ3v) is 5.68.